The van der Waals surface area contributed by atoms with Gasteiger partial charge in [0.1, 0.15) is 0 Å². The number of carbonyl (C=O) groups excluding carboxylic acids is 1. The second-order valence-corrected chi connectivity index (χ2v) is 3.68. The lowest BCUT2D eigenvalue weighted by Gasteiger charge is -2.15. The molecule has 0 amide bonds. The summed E-state index contributed by atoms with van der Waals surface area (Å²) >= 11 is 0. The fourth-order valence-corrected chi connectivity index (χ4v) is 1.66. The van der Waals surface area contributed by atoms with E-state index in [1.807, 2.05) is 0 Å². The molecule has 1 aromatic carbocycles. The van der Waals surface area contributed by atoms with Crippen LogP contribution in [-0.2, 0) is 17.3 Å². The minimum Gasteiger partial charge on any atom is -0.465 e. The van der Waals surface area contributed by atoms with Gasteiger partial charge in [0.15, 0.2) is 0 Å². The number of hydrogen-bond acceptors (Lipinski definition) is 2. The van der Waals surface area contributed by atoms with Crippen molar-refractivity contribution in [3.05, 3.63) is 34.4 Å². The molecule has 0 atom stereocenters. The van der Waals surface area contributed by atoms with E-state index in [4.69, 9.17) is 0 Å². The fourth-order valence-electron chi connectivity index (χ4n) is 1.66. The summed E-state index contributed by atoms with van der Waals surface area (Å²) in [5.41, 5.74) is -0.510. The lowest BCUT2D eigenvalue weighted by atomic mass is 9.97. The van der Waals surface area contributed by atoms with Gasteiger partial charge in [-0.05, 0) is 30.5 Å². The van der Waals surface area contributed by atoms with Crippen molar-refractivity contribution in [2.24, 2.45) is 0 Å². The second kappa shape index (κ2) is 4.77. The molecule has 0 aliphatic carbocycles. The Hall–Kier alpha value is -1.52. The molecule has 0 aliphatic rings. The Kier molecular flexibility index (Phi) is 3.80. The Bertz CT molecular complexity index is 436. The smallest absolute Gasteiger partial charge is 0.417 e. The number of alkyl halides is 3. The average Bonchev–Trinajstić information content (AvgIpc) is 2.25. The Labute approximate surface area is 97.4 Å². The van der Waals surface area contributed by atoms with Gasteiger partial charge in [-0.3, -0.25) is 0 Å². The zero-order valence-electron chi connectivity index (χ0n) is 9.81. The van der Waals surface area contributed by atoms with Crippen molar-refractivity contribution in [2.45, 2.75) is 26.4 Å². The molecule has 0 aliphatic heterocycles. The van der Waals surface area contributed by atoms with Crippen molar-refractivity contribution >= 4 is 5.97 Å². The fraction of sp³-hybridized carbons (Fsp3) is 0.417. The van der Waals surface area contributed by atoms with E-state index >= 15 is 0 Å². The first-order valence-corrected chi connectivity index (χ1v) is 5.10. The van der Waals surface area contributed by atoms with Crippen LogP contribution < -0.4 is 0 Å². The van der Waals surface area contributed by atoms with Crippen molar-refractivity contribution in [2.75, 3.05) is 7.11 Å². The summed E-state index contributed by atoms with van der Waals surface area (Å²) in [5, 5.41) is 0. The molecule has 0 spiro atoms. The first kappa shape index (κ1) is 13.5. The third kappa shape index (κ3) is 2.78. The predicted molar refractivity (Wildman–Crippen MR) is 56.9 cm³/mol. The lowest BCUT2D eigenvalue weighted by molar-refractivity contribution is -0.138. The van der Waals surface area contributed by atoms with Gasteiger partial charge in [0, 0.05) is 0 Å². The third-order valence-electron chi connectivity index (χ3n) is 2.50. The highest BCUT2D eigenvalue weighted by Crippen LogP contribution is 2.34. The molecule has 0 aromatic heterocycles. The Morgan fingerprint density at radius 3 is 2.35 bits per heavy atom. The van der Waals surface area contributed by atoms with Gasteiger partial charge >= 0.3 is 12.1 Å². The van der Waals surface area contributed by atoms with Crippen molar-refractivity contribution < 1.29 is 22.7 Å². The lowest BCUT2D eigenvalue weighted by Crippen LogP contribution is -2.16. The van der Waals surface area contributed by atoms with Crippen LogP contribution in [0.5, 0.6) is 0 Å². The maximum atomic E-state index is 12.8. The van der Waals surface area contributed by atoms with Gasteiger partial charge in [-0.1, -0.05) is 13.0 Å². The van der Waals surface area contributed by atoms with Crippen LogP contribution in [0.25, 0.3) is 0 Å². The Balaban J connectivity index is 3.51. The van der Waals surface area contributed by atoms with Gasteiger partial charge in [0.25, 0.3) is 0 Å². The number of ether oxygens (including phenoxy) is 1. The van der Waals surface area contributed by atoms with E-state index in [2.05, 4.69) is 4.74 Å². The zero-order valence-corrected chi connectivity index (χ0v) is 9.81. The van der Waals surface area contributed by atoms with Gasteiger partial charge in [-0.25, -0.2) is 4.79 Å². The molecule has 0 heterocycles. The number of rotatable bonds is 2. The van der Waals surface area contributed by atoms with Crippen LogP contribution in [0.4, 0.5) is 13.2 Å². The van der Waals surface area contributed by atoms with E-state index in [0.717, 1.165) is 13.2 Å². The molecule has 0 N–H and O–H groups in total. The van der Waals surface area contributed by atoms with E-state index in [9.17, 15) is 18.0 Å². The molecule has 0 unspecified atom stereocenters. The molecule has 0 fully saturated rings. The zero-order chi connectivity index (χ0) is 13.2. The van der Waals surface area contributed by atoms with E-state index in [1.54, 1.807) is 13.0 Å². The standard InChI is InChI=1S/C12H13F3O2/c1-4-8-5-7(2)10(11(16)17-3)9(6-8)12(13,14)15/h5-6H,4H2,1-3H3. The van der Waals surface area contributed by atoms with E-state index in [0.29, 0.717) is 12.0 Å². The highest BCUT2D eigenvalue weighted by atomic mass is 19.4. The van der Waals surface area contributed by atoms with Crippen molar-refractivity contribution in [3.8, 4) is 0 Å². The predicted octanol–water partition coefficient (Wildman–Crippen LogP) is 3.36. The average molecular weight is 246 g/mol. The summed E-state index contributed by atoms with van der Waals surface area (Å²) in [7, 11) is 1.07. The topological polar surface area (TPSA) is 26.3 Å². The summed E-state index contributed by atoms with van der Waals surface area (Å²) in [4.78, 5) is 11.4. The first-order chi connectivity index (χ1) is 7.81. The van der Waals surface area contributed by atoms with Gasteiger partial charge in [0.05, 0.1) is 18.2 Å². The van der Waals surface area contributed by atoms with Crippen LogP contribution in [0.1, 0.15) is 34.0 Å². The molecule has 17 heavy (non-hydrogen) atoms. The molecule has 0 saturated heterocycles. The molecule has 5 heteroatoms. The number of benzene rings is 1. The van der Waals surface area contributed by atoms with Crippen LogP contribution in [0, 0.1) is 6.92 Å². The number of esters is 1. The van der Waals surface area contributed by atoms with E-state index < -0.39 is 23.3 Å². The van der Waals surface area contributed by atoms with E-state index in [-0.39, 0.29) is 5.56 Å². The third-order valence-corrected chi connectivity index (χ3v) is 2.50. The number of aryl methyl sites for hydroxylation is 2. The minimum absolute atomic E-state index is 0.281. The summed E-state index contributed by atoms with van der Waals surface area (Å²) < 4.78 is 42.9. The molecule has 0 bridgehead atoms. The van der Waals surface area contributed by atoms with Crippen LogP contribution in [-0.4, -0.2) is 13.1 Å². The highest BCUT2D eigenvalue weighted by molar-refractivity contribution is 5.93. The number of halogens is 3. The molecular formula is C12H13F3O2. The number of hydrogen-bond donors (Lipinski definition) is 0. The SMILES string of the molecule is CCc1cc(C)c(C(=O)OC)c(C(F)(F)F)c1. The monoisotopic (exact) mass is 246 g/mol. The molecule has 1 aromatic rings. The Morgan fingerprint density at radius 1 is 1.35 bits per heavy atom. The first-order valence-electron chi connectivity index (χ1n) is 5.10. The van der Waals surface area contributed by atoms with Crippen LogP contribution >= 0.6 is 0 Å². The minimum atomic E-state index is -4.56. The molecule has 1 rings (SSSR count). The largest absolute Gasteiger partial charge is 0.465 e. The molecule has 0 saturated carbocycles. The van der Waals surface area contributed by atoms with Crippen LogP contribution in [0.3, 0.4) is 0 Å². The summed E-state index contributed by atoms with van der Waals surface area (Å²) in [6.45, 7) is 3.23. The van der Waals surface area contributed by atoms with Crippen LogP contribution in [0.2, 0.25) is 0 Å². The molecule has 94 valence electrons. The summed E-state index contributed by atoms with van der Waals surface area (Å²) in [6.07, 6.45) is -4.08. The van der Waals surface area contributed by atoms with E-state index in [1.165, 1.54) is 6.92 Å². The second-order valence-electron chi connectivity index (χ2n) is 3.68. The summed E-state index contributed by atoms with van der Waals surface area (Å²) in [6, 6.07) is 2.57. The summed E-state index contributed by atoms with van der Waals surface area (Å²) in [5.74, 6) is -0.961. The van der Waals surface area contributed by atoms with Crippen molar-refractivity contribution in [1.29, 1.82) is 0 Å². The van der Waals surface area contributed by atoms with Crippen molar-refractivity contribution in [3.63, 3.8) is 0 Å². The molecule has 2 nitrogen and oxygen atoms in total. The van der Waals surface area contributed by atoms with Crippen LogP contribution in [0.15, 0.2) is 12.1 Å². The quantitative estimate of drug-likeness (QED) is 0.748. The number of carbonyl (C=O) groups is 1. The normalized spacial score (nSPS) is 11.4. The maximum absolute atomic E-state index is 12.8. The highest BCUT2D eigenvalue weighted by Gasteiger charge is 2.36. The maximum Gasteiger partial charge on any atom is 0.417 e. The van der Waals surface area contributed by atoms with Gasteiger partial charge in [-0.2, -0.15) is 13.2 Å². The van der Waals surface area contributed by atoms with Crippen molar-refractivity contribution in [1.82, 2.24) is 0 Å². The molecule has 0 radical (unpaired) electrons. The van der Waals surface area contributed by atoms with Gasteiger partial charge < -0.3 is 4.74 Å². The molecular weight excluding hydrogens is 233 g/mol. The Morgan fingerprint density at radius 2 is 1.94 bits per heavy atom. The van der Waals surface area contributed by atoms with Gasteiger partial charge in [-0.15, -0.1) is 0 Å². The van der Waals surface area contributed by atoms with Gasteiger partial charge in [0.2, 0.25) is 0 Å². The number of methoxy groups -OCH3 is 1.